The molecule has 1 N–H and O–H groups in total. The highest BCUT2D eigenvalue weighted by atomic mass is 28.4. The highest BCUT2D eigenvalue weighted by Crippen LogP contribution is 2.25. The monoisotopic (exact) mass is 328 g/mol. The number of methoxy groups -OCH3 is 2. The molecule has 0 aromatic heterocycles. The molecule has 0 aliphatic rings. The minimum absolute atomic E-state index is 0.280. The van der Waals surface area contributed by atoms with Gasteiger partial charge in [-0.15, -0.1) is 0 Å². The van der Waals surface area contributed by atoms with Gasteiger partial charge in [-0.3, -0.25) is 4.79 Å². The van der Waals surface area contributed by atoms with Crippen molar-refractivity contribution in [2.24, 2.45) is 0 Å². The molecule has 1 rings (SSSR count). The molecule has 0 aliphatic heterocycles. The van der Waals surface area contributed by atoms with Gasteiger partial charge in [0.25, 0.3) is 0 Å². The van der Waals surface area contributed by atoms with Crippen molar-refractivity contribution in [3.8, 4) is 0 Å². The van der Waals surface area contributed by atoms with Crippen LogP contribution < -0.4 is 5.19 Å². The van der Waals surface area contributed by atoms with E-state index in [1.54, 1.807) is 21.1 Å². The van der Waals surface area contributed by atoms with E-state index in [4.69, 9.17) is 18.3 Å². The van der Waals surface area contributed by atoms with Gasteiger partial charge < -0.3 is 23.4 Å². The van der Waals surface area contributed by atoms with Crippen LogP contribution in [-0.4, -0.2) is 60.3 Å². The molecule has 1 atom stereocenters. The number of benzene rings is 1. The Bertz CT molecular complexity index is 429. The zero-order chi connectivity index (χ0) is 16.4. The molecule has 124 valence electrons. The van der Waals surface area contributed by atoms with Crippen molar-refractivity contribution in [3.05, 3.63) is 30.3 Å². The van der Waals surface area contributed by atoms with E-state index in [2.05, 4.69) is 0 Å². The molecule has 0 radical (unpaired) electrons. The van der Waals surface area contributed by atoms with Gasteiger partial charge in [0, 0.05) is 14.2 Å². The SMILES string of the molecule is COCCO[Si](OCCOC)(c1ccccc1)[C@@H](C)C(=O)O. The first-order valence-electron chi connectivity index (χ1n) is 7.12. The van der Waals surface area contributed by atoms with Crippen LogP contribution in [0.25, 0.3) is 0 Å². The molecule has 0 unspecified atom stereocenters. The summed E-state index contributed by atoms with van der Waals surface area (Å²) >= 11 is 0. The Morgan fingerprint density at radius 1 is 1.05 bits per heavy atom. The fraction of sp³-hybridized carbons (Fsp3) is 0.533. The van der Waals surface area contributed by atoms with E-state index in [-0.39, 0.29) is 13.2 Å². The van der Waals surface area contributed by atoms with Crippen LogP contribution in [0.1, 0.15) is 6.92 Å². The van der Waals surface area contributed by atoms with E-state index < -0.39 is 20.1 Å². The first kappa shape index (κ1) is 18.8. The second-order valence-electron chi connectivity index (χ2n) is 4.78. The molecule has 7 heteroatoms. The van der Waals surface area contributed by atoms with E-state index in [0.29, 0.717) is 13.2 Å². The Kier molecular flexibility index (Phi) is 8.29. The second-order valence-corrected chi connectivity index (χ2v) is 8.13. The molecule has 0 aliphatic carbocycles. The summed E-state index contributed by atoms with van der Waals surface area (Å²) in [7, 11) is -0.0302. The lowest BCUT2D eigenvalue weighted by atomic mass is 10.4. The lowest BCUT2D eigenvalue weighted by molar-refractivity contribution is -0.137. The Hall–Kier alpha value is -1.25. The summed E-state index contributed by atoms with van der Waals surface area (Å²) in [6.45, 7) is 2.94. The molecule has 0 saturated heterocycles. The normalized spacial score (nSPS) is 13.0. The summed E-state index contributed by atoms with van der Waals surface area (Å²) in [6.07, 6.45) is 0. The van der Waals surface area contributed by atoms with Crippen molar-refractivity contribution >= 4 is 19.7 Å². The summed E-state index contributed by atoms with van der Waals surface area (Å²) in [5, 5.41) is 10.3. The standard InChI is InChI=1S/C15H24O6Si/c1-13(15(16)17)22(20-11-9-18-2,21-12-10-19-3)14-7-5-4-6-8-14/h4-8,13H,9-12H2,1-3H3,(H,16,17)/t13-/m0/s1. The van der Waals surface area contributed by atoms with Crippen molar-refractivity contribution in [3.63, 3.8) is 0 Å². The van der Waals surface area contributed by atoms with Gasteiger partial charge in [-0.1, -0.05) is 30.3 Å². The van der Waals surface area contributed by atoms with E-state index in [0.717, 1.165) is 5.19 Å². The van der Waals surface area contributed by atoms with Crippen molar-refractivity contribution in [1.82, 2.24) is 0 Å². The number of carbonyl (C=O) groups is 1. The first-order chi connectivity index (χ1) is 10.6. The van der Waals surface area contributed by atoms with Gasteiger partial charge in [-0.2, -0.15) is 0 Å². The Labute approximate surface area is 132 Å². The molecule has 6 nitrogen and oxygen atoms in total. The smallest absolute Gasteiger partial charge is 0.387 e. The van der Waals surface area contributed by atoms with E-state index in [1.807, 2.05) is 30.3 Å². The van der Waals surface area contributed by atoms with Crippen LogP contribution in [0.2, 0.25) is 5.54 Å². The van der Waals surface area contributed by atoms with Crippen molar-refractivity contribution in [2.45, 2.75) is 12.5 Å². The summed E-state index contributed by atoms with van der Waals surface area (Å²) in [4.78, 5) is 11.6. The lowest BCUT2D eigenvalue weighted by Gasteiger charge is -2.34. The highest BCUT2D eigenvalue weighted by Gasteiger charge is 2.49. The maximum absolute atomic E-state index is 11.6. The molecular formula is C15H24O6Si. The average molecular weight is 328 g/mol. The van der Waals surface area contributed by atoms with Crippen molar-refractivity contribution in [2.75, 3.05) is 40.6 Å². The maximum atomic E-state index is 11.6. The van der Waals surface area contributed by atoms with Crippen molar-refractivity contribution < 1.29 is 28.2 Å². The van der Waals surface area contributed by atoms with E-state index >= 15 is 0 Å². The van der Waals surface area contributed by atoms with E-state index in [9.17, 15) is 9.90 Å². The van der Waals surface area contributed by atoms with Crippen LogP contribution in [0.15, 0.2) is 30.3 Å². The summed E-state index contributed by atoms with van der Waals surface area (Å²) in [5.74, 6) is -0.939. The molecule has 0 saturated carbocycles. The van der Waals surface area contributed by atoms with Gasteiger partial charge in [0.2, 0.25) is 0 Å². The fourth-order valence-corrected chi connectivity index (χ4v) is 5.27. The van der Waals surface area contributed by atoms with Gasteiger partial charge >= 0.3 is 14.5 Å². The largest absolute Gasteiger partial charge is 0.481 e. The zero-order valence-corrected chi connectivity index (χ0v) is 14.3. The second kappa shape index (κ2) is 9.70. The Balaban J connectivity index is 3.12. The van der Waals surface area contributed by atoms with E-state index in [1.165, 1.54) is 0 Å². The topological polar surface area (TPSA) is 74.2 Å². The fourth-order valence-electron chi connectivity index (χ4n) is 2.09. The number of hydrogen-bond donors (Lipinski definition) is 1. The van der Waals surface area contributed by atoms with Crippen LogP contribution in [0.5, 0.6) is 0 Å². The van der Waals surface area contributed by atoms with Gasteiger partial charge in [0.15, 0.2) is 0 Å². The van der Waals surface area contributed by atoms with Gasteiger partial charge in [0.05, 0.1) is 26.4 Å². The molecule has 0 bridgehead atoms. The Morgan fingerprint density at radius 3 is 1.95 bits per heavy atom. The molecule has 0 amide bonds. The molecular weight excluding hydrogens is 304 g/mol. The van der Waals surface area contributed by atoms with Gasteiger partial charge in [0.1, 0.15) is 5.54 Å². The summed E-state index contributed by atoms with van der Waals surface area (Å²) in [5.41, 5.74) is -0.761. The number of aliphatic carboxylic acids is 1. The van der Waals surface area contributed by atoms with Gasteiger partial charge in [-0.05, 0) is 12.1 Å². The number of hydrogen-bond acceptors (Lipinski definition) is 5. The number of rotatable bonds is 11. The summed E-state index contributed by atoms with van der Waals surface area (Å²) in [6, 6.07) is 9.28. The average Bonchev–Trinajstić information content (AvgIpc) is 2.54. The van der Waals surface area contributed by atoms with Crippen LogP contribution >= 0.6 is 0 Å². The maximum Gasteiger partial charge on any atom is 0.387 e. The number of carboxylic acid groups (broad SMARTS) is 1. The molecule has 0 spiro atoms. The Morgan fingerprint density at radius 2 is 1.55 bits per heavy atom. The summed E-state index contributed by atoms with van der Waals surface area (Å²) < 4.78 is 22.0. The number of carboxylic acids is 1. The quantitative estimate of drug-likeness (QED) is 0.485. The predicted octanol–water partition coefficient (Wildman–Crippen LogP) is 1.14. The number of ether oxygens (including phenoxy) is 2. The molecule has 1 aromatic carbocycles. The third kappa shape index (κ3) is 4.89. The highest BCUT2D eigenvalue weighted by molar-refractivity contribution is 6.84. The van der Waals surface area contributed by atoms with Gasteiger partial charge in [-0.25, -0.2) is 0 Å². The third-order valence-corrected chi connectivity index (χ3v) is 7.12. The zero-order valence-electron chi connectivity index (χ0n) is 13.3. The van der Waals surface area contributed by atoms with Crippen LogP contribution in [-0.2, 0) is 23.1 Å². The van der Waals surface area contributed by atoms with Crippen molar-refractivity contribution in [1.29, 1.82) is 0 Å². The van der Waals surface area contributed by atoms with Crippen LogP contribution in [0, 0.1) is 0 Å². The predicted molar refractivity (Wildman–Crippen MR) is 84.5 cm³/mol. The molecule has 1 aromatic rings. The van der Waals surface area contributed by atoms with Crippen LogP contribution in [0.3, 0.4) is 0 Å². The molecule has 0 heterocycles. The molecule has 22 heavy (non-hydrogen) atoms. The van der Waals surface area contributed by atoms with Crippen LogP contribution in [0.4, 0.5) is 0 Å². The molecule has 0 fully saturated rings. The lowest BCUT2D eigenvalue weighted by Crippen LogP contribution is -2.59. The first-order valence-corrected chi connectivity index (χ1v) is 9.02. The third-order valence-electron chi connectivity index (χ3n) is 3.32. The minimum Gasteiger partial charge on any atom is -0.481 e. The minimum atomic E-state index is -3.17.